The van der Waals surface area contributed by atoms with Crippen molar-refractivity contribution in [1.29, 1.82) is 0 Å². The van der Waals surface area contributed by atoms with Crippen LogP contribution in [0.25, 0.3) is 0 Å². The predicted octanol–water partition coefficient (Wildman–Crippen LogP) is 2.70. The van der Waals surface area contributed by atoms with E-state index in [1.807, 2.05) is 0 Å². The molecule has 0 spiro atoms. The number of nitrogens with one attached hydrogen (secondary N) is 1. The van der Waals surface area contributed by atoms with Crippen LogP contribution in [0.1, 0.15) is 64.7 Å². The van der Waals surface area contributed by atoms with Crippen molar-refractivity contribution in [3.8, 4) is 0 Å². The predicted molar refractivity (Wildman–Crippen MR) is 74.5 cm³/mol. The van der Waals surface area contributed by atoms with E-state index in [1.54, 1.807) is 0 Å². The van der Waals surface area contributed by atoms with Crippen molar-refractivity contribution >= 4 is 5.91 Å². The Kier molecular flexibility index (Phi) is 5.48. The third-order valence-electron chi connectivity index (χ3n) is 4.49. The van der Waals surface area contributed by atoms with Gasteiger partial charge in [-0.25, -0.2) is 0 Å². The topological polar surface area (TPSA) is 32.3 Å². The van der Waals surface area contributed by atoms with E-state index in [2.05, 4.69) is 17.1 Å². The lowest BCUT2D eigenvalue weighted by molar-refractivity contribution is -0.136. The second kappa shape index (κ2) is 7.13. The minimum absolute atomic E-state index is 0.0969. The molecule has 104 valence electrons. The average Bonchev–Trinajstić information content (AvgIpc) is 2.80. The highest BCUT2D eigenvalue weighted by Crippen LogP contribution is 2.21. The van der Waals surface area contributed by atoms with Crippen LogP contribution in [-0.2, 0) is 4.79 Å². The molecule has 3 nitrogen and oxygen atoms in total. The van der Waals surface area contributed by atoms with E-state index in [1.165, 1.54) is 44.9 Å². The van der Waals surface area contributed by atoms with E-state index < -0.39 is 0 Å². The van der Waals surface area contributed by atoms with Crippen LogP contribution in [0.4, 0.5) is 0 Å². The van der Waals surface area contributed by atoms with Crippen LogP contribution < -0.4 is 5.32 Å². The van der Waals surface area contributed by atoms with Gasteiger partial charge in [0.2, 0.25) is 5.91 Å². The molecule has 1 N–H and O–H groups in total. The lowest BCUT2D eigenvalue weighted by atomic mass is 10.0. The Hall–Kier alpha value is -0.570. The zero-order valence-electron chi connectivity index (χ0n) is 11.8. The Morgan fingerprint density at radius 3 is 2.72 bits per heavy atom. The summed E-state index contributed by atoms with van der Waals surface area (Å²) in [5, 5.41) is 3.45. The summed E-state index contributed by atoms with van der Waals surface area (Å²) in [5.74, 6) is 0.380. The number of likely N-dealkylation sites (tertiary alicyclic amines) is 1. The maximum Gasteiger partial charge on any atom is 0.239 e. The number of carbonyl (C=O) groups is 1. The first-order valence-electron chi connectivity index (χ1n) is 7.86. The van der Waals surface area contributed by atoms with Gasteiger partial charge in [0.1, 0.15) is 0 Å². The summed E-state index contributed by atoms with van der Waals surface area (Å²) < 4.78 is 0. The van der Waals surface area contributed by atoms with Crippen molar-refractivity contribution < 1.29 is 4.79 Å². The van der Waals surface area contributed by atoms with Gasteiger partial charge in [-0.1, -0.05) is 32.6 Å². The van der Waals surface area contributed by atoms with Gasteiger partial charge < -0.3 is 10.2 Å². The van der Waals surface area contributed by atoms with Crippen molar-refractivity contribution in [2.75, 3.05) is 13.1 Å². The van der Waals surface area contributed by atoms with Gasteiger partial charge in [-0.15, -0.1) is 0 Å². The Bertz CT molecular complexity index is 259. The highest BCUT2D eigenvalue weighted by atomic mass is 16.2. The summed E-state index contributed by atoms with van der Waals surface area (Å²) in [7, 11) is 0. The second-order valence-electron chi connectivity index (χ2n) is 5.80. The van der Waals surface area contributed by atoms with E-state index in [4.69, 9.17) is 0 Å². The van der Waals surface area contributed by atoms with E-state index in [-0.39, 0.29) is 6.04 Å². The Labute approximate surface area is 111 Å². The molecule has 2 aliphatic rings. The molecule has 2 atom stereocenters. The number of carbonyl (C=O) groups excluding carboxylic acids is 1. The number of amides is 1. The summed E-state index contributed by atoms with van der Waals surface area (Å²) in [6.45, 7) is 4.22. The van der Waals surface area contributed by atoms with Gasteiger partial charge >= 0.3 is 0 Å². The molecular formula is C15H28N2O. The first-order valence-corrected chi connectivity index (χ1v) is 7.86. The zero-order valence-corrected chi connectivity index (χ0v) is 11.8. The molecule has 2 rings (SSSR count). The molecule has 2 fully saturated rings. The molecule has 2 heterocycles. The molecule has 0 saturated carbocycles. The van der Waals surface area contributed by atoms with Gasteiger partial charge in [-0.2, -0.15) is 0 Å². The fraction of sp³-hybridized carbons (Fsp3) is 0.933. The van der Waals surface area contributed by atoms with Gasteiger partial charge in [0, 0.05) is 12.6 Å². The lowest BCUT2D eigenvalue weighted by Crippen LogP contribution is -2.50. The van der Waals surface area contributed by atoms with Crippen LogP contribution in [-0.4, -0.2) is 36.0 Å². The second-order valence-corrected chi connectivity index (χ2v) is 5.80. The van der Waals surface area contributed by atoms with Crippen LogP contribution in [0.3, 0.4) is 0 Å². The van der Waals surface area contributed by atoms with E-state index in [0.29, 0.717) is 11.9 Å². The number of nitrogens with zero attached hydrogens (tertiary/aromatic N) is 1. The van der Waals surface area contributed by atoms with Gasteiger partial charge in [0.25, 0.3) is 0 Å². The van der Waals surface area contributed by atoms with E-state index in [9.17, 15) is 4.79 Å². The molecular weight excluding hydrogens is 224 g/mol. The molecule has 1 amide bonds. The summed E-state index contributed by atoms with van der Waals surface area (Å²) in [6.07, 6.45) is 10.8. The molecule has 2 saturated heterocycles. The molecule has 0 aromatic carbocycles. The molecule has 18 heavy (non-hydrogen) atoms. The highest BCUT2D eigenvalue weighted by Gasteiger charge is 2.29. The van der Waals surface area contributed by atoms with Crippen LogP contribution >= 0.6 is 0 Å². The third kappa shape index (κ3) is 3.47. The van der Waals surface area contributed by atoms with Crippen molar-refractivity contribution in [1.82, 2.24) is 10.2 Å². The fourth-order valence-electron chi connectivity index (χ4n) is 3.33. The molecule has 0 radical (unpaired) electrons. The quantitative estimate of drug-likeness (QED) is 0.819. The number of rotatable bonds is 2. The summed E-state index contributed by atoms with van der Waals surface area (Å²) in [5.41, 5.74) is 0. The maximum absolute atomic E-state index is 12.7. The fourth-order valence-corrected chi connectivity index (χ4v) is 3.33. The van der Waals surface area contributed by atoms with Crippen molar-refractivity contribution in [3.63, 3.8) is 0 Å². The monoisotopic (exact) mass is 252 g/mol. The minimum Gasteiger partial charge on any atom is -0.338 e. The van der Waals surface area contributed by atoms with Crippen LogP contribution in [0.2, 0.25) is 0 Å². The van der Waals surface area contributed by atoms with Crippen LogP contribution in [0.15, 0.2) is 0 Å². The van der Waals surface area contributed by atoms with E-state index >= 15 is 0 Å². The molecule has 0 aromatic rings. The van der Waals surface area contributed by atoms with Crippen molar-refractivity contribution in [2.24, 2.45) is 0 Å². The largest absolute Gasteiger partial charge is 0.338 e. The maximum atomic E-state index is 12.7. The Morgan fingerprint density at radius 1 is 1.11 bits per heavy atom. The van der Waals surface area contributed by atoms with Crippen LogP contribution in [0.5, 0.6) is 0 Å². The van der Waals surface area contributed by atoms with E-state index in [0.717, 1.165) is 25.9 Å². The first kappa shape index (κ1) is 13.9. The number of hydrogen-bond acceptors (Lipinski definition) is 2. The molecule has 0 aromatic heterocycles. The summed E-state index contributed by atoms with van der Waals surface area (Å²) in [6, 6.07) is 0.588. The zero-order chi connectivity index (χ0) is 12.8. The average molecular weight is 252 g/mol. The van der Waals surface area contributed by atoms with Crippen molar-refractivity contribution in [2.45, 2.75) is 76.8 Å². The van der Waals surface area contributed by atoms with Gasteiger partial charge in [-0.05, 0) is 38.6 Å². The SMILES string of the molecule is CCC1CCCCCN1C(=O)C1CCCCCN1. The van der Waals surface area contributed by atoms with Gasteiger partial charge in [0.05, 0.1) is 6.04 Å². The summed E-state index contributed by atoms with van der Waals surface area (Å²) in [4.78, 5) is 14.9. The lowest BCUT2D eigenvalue weighted by Gasteiger charge is -2.32. The molecule has 3 heteroatoms. The van der Waals surface area contributed by atoms with Gasteiger partial charge in [-0.3, -0.25) is 4.79 Å². The molecule has 0 aliphatic carbocycles. The smallest absolute Gasteiger partial charge is 0.239 e. The molecule has 0 bridgehead atoms. The summed E-state index contributed by atoms with van der Waals surface area (Å²) >= 11 is 0. The first-order chi connectivity index (χ1) is 8.83. The normalized spacial score (nSPS) is 30.6. The third-order valence-corrected chi connectivity index (χ3v) is 4.49. The Balaban J connectivity index is 1.99. The van der Waals surface area contributed by atoms with Crippen LogP contribution in [0, 0.1) is 0 Å². The highest BCUT2D eigenvalue weighted by molar-refractivity contribution is 5.82. The standard InChI is InChI=1S/C15H28N2O/c1-2-13-9-5-4-8-12-17(13)15(18)14-10-6-3-7-11-16-14/h13-14,16H,2-12H2,1H3. The molecule has 2 aliphatic heterocycles. The van der Waals surface area contributed by atoms with Gasteiger partial charge in [0.15, 0.2) is 0 Å². The Morgan fingerprint density at radius 2 is 1.89 bits per heavy atom. The number of hydrogen-bond donors (Lipinski definition) is 1. The van der Waals surface area contributed by atoms with Crippen molar-refractivity contribution in [3.05, 3.63) is 0 Å². The molecule has 2 unspecified atom stereocenters. The minimum atomic E-state index is 0.0969.